The Morgan fingerprint density at radius 2 is 2.12 bits per heavy atom. The second kappa shape index (κ2) is 7.26. The van der Waals surface area contributed by atoms with Crippen molar-refractivity contribution < 1.29 is 4.39 Å². The second-order valence-electron chi connectivity index (χ2n) is 5.56. The fraction of sp³-hybridized carbons (Fsp3) is 0.250. The molecule has 0 unspecified atom stereocenters. The third-order valence-electron chi connectivity index (χ3n) is 3.61. The van der Waals surface area contributed by atoms with Crippen LogP contribution in [0.15, 0.2) is 39.5 Å². The Bertz CT molecular complexity index is 915. The zero-order valence-electron chi connectivity index (χ0n) is 13.2. The summed E-state index contributed by atoms with van der Waals surface area (Å²) in [6.07, 6.45) is 0. The quantitative estimate of drug-likeness (QED) is 0.554. The van der Waals surface area contributed by atoms with Gasteiger partial charge in [0.2, 0.25) is 0 Å². The summed E-state index contributed by atoms with van der Waals surface area (Å²) in [5, 5.41) is 6.63. The van der Waals surface area contributed by atoms with Crippen molar-refractivity contribution in [2.45, 2.75) is 13.2 Å². The van der Waals surface area contributed by atoms with Crippen LogP contribution in [0.4, 0.5) is 4.39 Å². The third-order valence-corrected chi connectivity index (χ3v) is 5.64. The molecule has 0 N–H and O–H groups in total. The Kier molecular flexibility index (Phi) is 5.29. The van der Waals surface area contributed by atoms with Crippen molar-refractivity contribution in [2.24, 2.45) is 7.05 Å². The van der Waals surface area contributed by atoms with E-state index in [1.54, 1.807) is 38.8 Å². The molecule has 0 saturated heterocycles. The standard InChI is InChI=1S/C16H16BrFN4S2/c1-20(8-11-7-14(17)24-9-11)10-22-16(23)21(2)15(19-22)12-5-3-4-6-13(12)18/h3-7,9H,8,10H2,1-2H3. The minimum atomic E-state index is -0.302. The van der Waals surface area contributed by atoms with Crippen molar-refractivity contribution in [3.05, 3.63) is 55.7 Å². The Morgan fingerprint density at radius 3 is 2.79 bits per heavy atom. The van der Waals surface area contributed by atoms with Crippen LogP contribution in [0, 0.1) is 10.6 Å². The Balaban J connectivity index is 1.83. The lowest BCUT2D eigenvalue weighted by molar-refractivity contribution is 0.244. The second-order valence-corrected chi connectivity index (χ2v) is 8.21. The molecular formula is C16H16BrFN4S2. The molecule has 0 radical (unpaired) electrons. The lowest BCUT2D eigenvalue weighted by Crippen LogP contribution is -2.22. The van der Waals surface area contributed by atoms with E-state index in [4.69, 9.17) is 12.2 Å². The van der Waals surface area contributed by atoms with Crippen molar-refractivity contribution in [3.63, 3.8) is 0 Å². The molecule has 0 bridgehead atoms. The highest BCUT2D eigenvalue weighted by molar-refractivity contribution is 9.11. The number of halogens is 2. The van der Waals surface area contributed by atoms with Crippen molar-refractivity contribution in [1.82, 2.24) is 19.2 Å². The van der Waals surface area contributed by atoms with Gasteiger partial charge in [0.05, 0.1) is 16.0 Å². The first-order valence-corrected chi connectivity index (χ1v) is 9.34. The largest absolute Gasteiger partial charge is 0.303 e. The molecule has 1 aromatic carbocycles. The molecule has 3 rings (SSSR count). The molecule has 2 aromatic heterocycles. The average molecular weight is 427 g/mol. The minimum Gasteiger partial charge on any atom is -0.303 e. The van der Waals surface area contributed by atoms with Gasteiger partial charge in [-0.05, 0) is 64.3 Å². The van der Waals surface area contributed by atoms with Crippen molar-refractivity contribution in [1.29, 1.82) is 0 Å². The van der Waals surface area contributed by atoms with E-state index in [-0.39, 0.29) is 5.82 Å². The molecule has 0 atom stereocenters. The monoisotopic (exact) mass is 426 g/mol. The number of hydrogen-bond acceptors (Lipinski definition) is 4. The highest BCUT2D eigenvalue weighted by Gasteiger charge is 2.14. The van der Waals surface area contributed by atoms with Gasteiger partial charge in [0.15, 0.2) is 10.6 Å². The molecule has 0 spiro atoms. The van der Waals surface area contributed by atoms with Gasteiger partial charge < -0.3 is 4.57 Å². The topological polar surface area (TPSA) is 26.0 Å². The number of benzene rings is 1. The normalized spacial score (nSPS) is 11.4. The predicted molar refractivity (Wildman–Crippen MR) is 101 cm³/mol. The number of nitrogens with zero attached hydrogens (tertiary/aromatic N) is 4. The first kappa shape index (κ1) is 17.5. The molecule has 0 aliphatic rings. The molecule has 126 valence electrons. The summed E-state index contributed by atoms with van der Waals surface area (Å²) < 4.78 is 19.2. The molecule has 24 heavy (non-hydrogen) atoms. The van der Waals surface area contributed by atoms with Crippen LogP contribution in [0.1, 0.15) is 5.56 Å². The van der Waals surface area contributed by atoms with Crippen LogP contribution in [0.5, 0.6) is 0 Å². The SMILES string of the molecule is CN(Cc1csc(Br)c1)Cn1nc(-c2ccccc2F)n(C)c1=S. The van der Waals surface area contributed by atoms with Crippen LogP contribution >= 0.6 is 39.5 Å². The molecule has 0 aliphatic heterocycles. The van der Waals surface area contributed by atoms with E-state index in [0.717, 1.165) is 10.3 Å². The molecule has 2 heterocycles. The van der Waals surface area contributed by atoms with E-state index in [1.807, 2.05) is 14.1 Å². The van der Waals surface area contributed by atoms with E-state index < -0.39 is 0 Å². The summed E-state index contributed by atoms with van der Waals surface area (Å²) in [7, 11) is 3.81. The lowest BCUT2D eigenvalue weighted by Gasteiger charge is -2.15. The van der Waals surface area contributed by atoms with Gasteiger partial charge in [0.25, 0.3) is 0 Å². The van der Waals surface area contributed by atoms with Crippen LogP contribution in [0.3, 0.4) is 0 Å². The van der Waals surface area contributed by atoms with Gasteiger partial charge in [-0.2, -0.15) is 5.10 Å². The first-order chi connectivity index (χ1) is 11.5. The van der Waals surface area contributed by atoms with E-state index in [9.17, 15) is 4.39 Å². The smallest absolute Gasteiger partial charge is 0.199 e. The predicted octanol–water partition coefficient (Wildman–Crippen LogP) is 4.67. The van der Waals surface area contributed by atoms with Crippen LogP contribution < -0.4 is 0 Å². The van der Waals surface area contributed by atoms with Crippen LogP contribution in [0.2, 0.25) is 0 Å². The molecule has 0 aliphatic carbocycles. The van der Waals surface area contributed by atoms with Crippen LogP contribution in [0.25, 0.3) is 11.4 Å². The molecule has 0 fully saturated rings. The number of rotatable bonds is 5. The summed E-state index contributed by atoms with van der Waals surface area (Å²) in [5.41, 5.74) is 1.68. The highest BCUT2D eigenvalue weighted by Crippen LogP contribution is 2.22. The Labute approximate surface area is 157 Å². The summed E-state index contributed by atoms with van der Waals surface area (Å²) in [6.45, 7) is 1.32. The third kappa shape index (κ3) is 3.66. The van der Waals surface area contributed by atoms with Crippen LogP contribution in [-0.4, -0.2) is 26.3 Å². The maximum Gasteiger partial charge on any atom is 0.199 e. The van der Waals surface area contributed by atoms with Gasteiger partial charge in [-0.1, -0.05) is 12.1 Å². The van der Waals surface area contributed by atoms with Gasteiger partial charge in [0.1, 0.15) is 5.82 Å². The Hall–Kier alpha value is -1.35. The van der Waals surface area contributed by atoms with Crippen molar-refractivity contribution in [3.8, 4) is 11.4 Å². The first-order valence-electron chi connectivity index (χ1n) is 7.26. The van der Waals surface area contributed by atoms with Gasteiger partial charge in [-0.25, -0.2) is 9.07 Å². The van der Waals surface area contributed by atoms with Crippen LogP contribution in [-0.2, 0) is 20.3 Å². The minimum absolute atomic E-state index is 0.302. The zero-order valence-corrected chi connectivity index (χ0v) is 16.5. The number of aromatic nitrogens is 3. The Morgan fingerprint density at radius 1 is 1.38 bits per heavy atom. The lowest BCUT2D eigenvalue weighted by atomic mass is 10.2. The van der Waals surface area contributed by atoms with Gasteiger partial charge in [0, 0.05) is 13.6 Å². The summed E-state index contributed by atoms with van der Waals surface area (Å²) in [6, 6.07) is 8.70. The maximum atomic E-state index is 14.0. The highest BCUT2D eigenvalue weighted by atomic mass is 79.9. The van der Waals surface area contributed by atoms with Crippen molar-refractivity contribution >= 4 is 39.5 Å². The van der Waals surface area contributed by atoms with Gasteiger partial charge >= 0.3 is 0 Å². The zero-order chi connectivity index (χ0) is 17.3. The van der Waals surface area contributed by atoms with Gasteiger partial charge in [-0.15, -0.1) is 11.3 Å². The van der Waals surface area contributed by atoms with Crippen molar-refractivity contribution in [2.75, 3.05) is 7.05 Å². The molecule has 3 aromatic rings. The van der Waals surface area contributed by atoms with E-state index in [0.29, 0.717) is 22.8 Å². The molecule has 4 nitrogen and oxygen atoms in total. The van der Waals surface area contributed by atoms with E-state index >= 15 is 0 Å². The molecule has 8 heteroatoms. The van der Waals surface area contributed by atoms with E-state index in [2.05, 4.69) is 37.4 Å². The fourth-order valence-corrected chi connectivity index (χ4v) is 3.86. The number of thiophene rings is 1. The summed E-state index contributed by atoms with van der Waals surface area (Å²) in [4.78, 5) is 2.11. The average Bonchev–Trinajstić information content (AvgIpc) is 3.06. The van der Waals surface area contributed by atoms with E-state index in [1.165, 1.54) is 11.6 Å². The van der Waals surface area contributed by atoms with Gasteiger partial charge in [-0.3, -0.25) is 4.90 Å². The maximum absolute atomic E-state index is 14.0. The fourth-order valence-electron chi connectivity index (χ4n) is 2.48. The summed E-state index contributed by atoms with van der Waals surface area (Å²) >= 11 is 10.6. The molecular weight excluding hydrogens is 411 g/mol. The molecule has 0 saturated carbocycles. The number of hydrogen-bond donors (Lipinski definition) is 0. The molecule has 0 amide bonds. The summed E-state index contributed by atoms with van der Waals surface area (Å²) in [5.74, 6) is 0.231.